The van der Waals surface area contributed by atoms with E-state index in [-0.39, 0.29) is 22.2 Å². The molecule has 6 atom stereocenters. The summed E-state index contributed by atoms with van der Waals surface area (Å²) in [5.74, 6) is 0.876. The van der Waals surface area contributed by atoms with E-state index in [0.29, 0.717) is 29.7 Å². The van der Waals surface area contributed by atoms with E-state index in [1.165, 1.54) is 5.57 Å². The van der Waals surface area contributed by atoms with E-state index >= 15 is 0 Å². The Morgan fingerprint density at radius 2 is 1.90 bits per heavy atom. The first-order chi connectivity index (χ1) is 13.7. The lowest BCUT2D eigenvalue weighted by Gasteiger charge is -2.58. The minimum atomic E-state index is -0.774. The minimum absolute atomic E-state index is 0.00754. The van der Waals surface area contributed by atoms with Crippen molar-refractivity contribution in [2.24, 2.45) is 39.7 Å². The molecule has 160 valence electrons. The van der Waals surface area contributed by atoms with Crippen molar-refractivity contribution in [2.45, 2.75) is 85.0 Å². The Hall–Kier alpha value is -1.58. The number of fused-ring (bicyclic) bond motifs is 5. The quantitative estimate of drug-likeness (QED) is 0.664. The fraction of sp³-hybridized carbons (Fsp3) is 0.760. The van der Waals surface area contributed by atoms with Crippen molar-refractivity contribution < 1.29 is 14.7 Å². The molecule has 0 aromatic heterocycles. The molecule has 0 heterocycles. The zero-order valence-corrected chi connectivity index (χ0v) is 18.3. The monoisotopic (exact) mass is 399 g/mol. The lowest BCUT2D eigenvalue weighted by Crippen LogP contribution is -2.55. The molecule has 4 nitrogen and oxygen atoms in total. The van der Waals surface area contributed by atoms with Crippen molar-refractivity contribution in [1.82, 2.24) is 0 Å². The highest BCUT2D eigenvalue weighted by atomic mass is 16.4. The summed E-state index contributed by atoms with van der Waals surface area (Å²) in [6.45, 7) is 6.92. The predicted octanol–water partition coefficient (Wildman–Crippen LogP) is 5.23. The molecule has 4 aliphatic carbocycles. The van der Waals surface area contributed by atoms with Gasteiger partial charge in [0.15, 0.2) is 0 Å². The van der Waals surface area contributed by atoms with Crippen LogP contribution in [0.3, 0.4) is 0 Å². The summed E-state index contributed by atoms with van der Waals surface area (Å²) in [7, 11) is 0. The number of hydrogen-bond donors (Lipinski definition) is 2. The van der Waals surface area contributed by atoms with Crippen LogP contribution in [-0.2, 0) is 9.59 Å². The summed E-state index contributed by atoms with van der Waals surface area (Å²) in [6, 6.07) is 0. The predicted molar refractivity (Wildman–Crippen MR) is 114 cm³/mol. The van der Waals surface area contributed by atoms with E-state index in [1.54, 1.807) is 0 Å². The van der Waals surface area contributed by atoms with Gasteiger partial charge in [0.1, 0.15) is 0 Å². The highest BCUT2D eigenvalue weighted by molar-refractivity contribution is 5.87. The number of allylic oxidation sites excluding steroid dienone is 3. The van der Waals surface area contributed by atoms with Gasteiger partial charge < -0.3 is 10.8 Å². The number of aliphatic carboxylic acids is 1. The molecule has 4 rings (SSSR count). The summed E-state index contributed by atoms with van der Waals surface area (Å²) in [5, 5.41) is 9.44. The Labute approximate surface area is 175 Å². The first-order valence-corrected chi connectivity index (χ1v) is 11.6. The second kappa shape index (κ2) is 6.99. The summed E-state index contributed by atoms with van der Waals surface area (Å²) < 4.78 is 0. The van der Waals surface area contributed by atoms with Crippen molar-refractivity contribution in [3.63, 3.8) is 0 Å². The third-order valence-corrected chi connectivity index (χ3v) is 9.84. The molecule has 0 aliphatic heterocycles. The average molecular weight is 400 g/mol. The molecule has 0 saturated heterocycles. The van der Waals surface area contributed by atoms with Crippen molar-refractivity contribution in [2.75, 3.05) is 0 Å². The smallest absolute Gasteiger partial charge is 0.331 e. The highest BCUT2D eigenvalue weighted by Gasteiger charge is 2.65. The third kappa shape index (κ3) is 2.77. The summed E-state index contributed by atoms with van der Waals surface area (Å²) >= 11 is 0. The Morgan fingerprint density at radius 3 is 2.55 bits per heavy atom. The largest absolute Gasteiger partial charge is 0.478 e. The standard InChI is InChI=1S/C25H37NO3/c1-4-5-11-25(22(26)29)14-10-20-18-7-6-17-15-16(21(27)28)8-12-23(17,2)19(18)9-13-24(20,25)3/h6,15,18-20H,4-5,7-14H2,1-3H3,(H2,26,29)(H,27,28)/t18-,19-,20+,23+,24+,25?/m1/s1. The number of carboxylic acids is 1. The number of primary amides is 1. The Balaban J connectivity index is 1.68. The first-order valence-electron chi connectivity index (χ1n) is 11.6. The van der Waals surface area contributed by atoms with Crippen LogP contribution in [0.5, 0.6) is 0 Å². The van der Waals surface area contributed by atoms with Gasteiger partial charge >= 0.3 is 5.97 Å². The fourth-order valence-electron chi connectivity index (χ4n) is 8.05. The van der Waals surface area contributed by atoms with E-state index in [4.69, 9.17) is 5.73 Å². The molecule has 3 N–H and O–H groups in total. The molecule has 0 aromatic carbocycles. The number of hydrogen-bond acceptors (Lipinski definition) is 2. The van der Waals surface area contributed by atoms with Crippen LogP contribution in [0.25, 0.3) is 0 Å². The maximum Gasteiger partial charge on any atom is 0.331 e. The normalized spacial score (nSPS) is 43.5. The molecule has 1 amide bonds. The fourth-order valence-corrected chi connectivity index (χ4v) is 8.05. The summed E-state index contributed by atoms with van der Waals surface area (Å²) in [6.07, 6.45) is 14.3. The van der Waals surface area contributed by atoms with Crippen LogP contribution in [0.15, 0.2) is 23.3 Å². The zero-order chi connectivity index (χ0) is 21.0. The van der Waals surface area contributed by atoms with Gasteiger partial charge in [-0.05, 0) is 91.6 Å². The molecule has 4 aliphatic rings. The number of unbranched alkanes of at least 4 members (excludes halogenated alkanes) is 1. The van der Waals surface area contributed by atoms with Crippen LogP contribution in [0.4, 0.5) is 0 Å². The third-order valence-electron chi connectivity index (χ3n) is 9.84. The van der Waals surface area contributed by atoms with Gasteiger partial charge in [-0.3, -0.25) is 4.79 Å². The lowest BCUT2D eigenvalue weighted by molar-refractivity contribution is -0.142. The zero-order valence-electron chi connectivity index (χ0n) is 18.3. The molecule has 0 spiro atoms. The van der Waals surface area contributed by atoms with E-state index in [9.17, 15) is 14.7 Å². The van der Waals surface area contributed by atoms with Gasteiger partial charge in [-0.25, -0.2) is 4.79 Å². The molecule has 1 unspecified atom stereocenters. The number of rotatable bonds is 5. The molecule has 4 heteroatoms. The van der Waals surface area contributed by atoms with E-state index < -0.39 is 5.97 Å². The maximum atomic E-state index is 12.8. The van der Waals surface area contributed by atoms with Crippen molar-refractivity contribution >= 4 is 11.9 Å². The lowest BCUT2D eigenvalue weighted by atomic mass is 9.45. The molecule has 0 radical (unpaired) electrons. The Bertz CT molecular complexity index is 783. The molecule has 0 bridgehead atoms. The maximum absolute atomic E-state index is 12.8. The molecular formula is C25H37NO3. The molecule has 0 aromatic rings. The number of carbonyl (C=O) groups is 2. The Kier molecular flexibility index (Phi) is 4.99. The van der Waals surface area contributed by atoms with E-state index in [2.05, 4.69) is 26.8 Å². The van der Waals surface area contributed by atoms with Gasteiger partial charge in [0.25, 0.3) is 0 Å². The summed E-state index contributed by atoms with van der Waals surface area (Å²) in [4.78, 5) is 24.3. The van der Waals surface area contributed by atoms with Gasteiger partial charge in [0.05, 0.1) is 5.41 Å². The van der Waals surface area contributed by atoms with Crippen LogP contribution < -0.4 is 5.73 Å². The van der Waals surface area contributed by atoms with Crippen LogP contribution in [0.1, 0.15) is 85.0 Å². The highest BCUT2D eigenvalue weighted by Crippen LogP contribution is 2.70. The number of amides is 1. The van der Waals surface area contributed by atoms with Crippen molar-refractivity contribution in [3.05, 3.63) is 23.3 Å². The molecular weight excluding hydrogens is 362 g/mol. The van der Waals surface area contributed by atoms with Gasteiger partial charge in [-0.2, -0.15) is 0 Å². The van der Waals surface area contributed by atoms with Gasteiger partial charge in [0, 0.05) is 5.57 Å². The van der Waals surface area contributed by atoms with E-state index in [0.717, 1.165) is 57.8 Å². The Morgan fingerprint density at radius 1 is 1.17 bits per heavy atom. The number of carboxylic acid groups (broad SMARTS) is 1. The molecule has 29 heavy (non-hydrogen) atoms. The van der Waals surface area contributed by atoms with Crippen LogP contribution in [0.2, 0.25) is 0 Å². The van der Waals surface area contributed by atoms with Crippen molar-refractivity contribution in [1.29, 1.82) is 0 Å². The summed E-state index contributed by atoms with van der Waals surface area (Å²) in [5.41, 5.74) is 7.64. The van der Waals surface area contributed by atoms with Gasteiger partial charge in [-0.1, -0.05) is 39.7 Å². The second-order valence-electron chi connectivity index (χ2n) is 10.7. The van der Waals surface area contributed by atoms with Gasteiger partial charge in [0.2, 0.25) is 5.91 Å². The first kappa shape index (κ1) is 20.7. The topological polar surface area (TPSA) is 80.4 Å². The van der Waals surface area contributed by atoms with E-state index in [1.807, 2.05) is 6.08 Å². The molecule has 2 saturated carbocycles. The second-order valence-corrected chi connectivity index (χ2v) is 10.7. The van der Waals surface area contributed by atoms with Crippen molar-refractivity contribution in [3.8, 4) is 0 Å². The number of nitrogens with two attached hydrogens (primary N) is 1. The van der Waals surface area contributed by atoms with Crippen LogP contribution in [-0.4, -0.2) is 17.0 Å². The molecule has 2 fully saturated rings. The SMILES string of the molecule is CCCCC1(C(N)=O)CC[C@H]2[C@@H]3CC=C4C=C(C(=O)O)CC[C@]4(C)[C@@H]3CC[C@@]21C. The minimum Gasteiger partial charge on any atom is -0.478 e. The number of carbonyl (C=O) groups excluding carboxylic acids is 1. The van der Waals surface area contributed by atoms with Crippen LogP contribution in [0, 0.1) is 34.0 Å². The van der Waals surface area contributed by atoms with Gasteiger partial charge in [-0.15, -0.1) is 0 Å². The van der Waals surface area contributed by atoms with Crippen LogP contribution >= 0.6 is 0 Å². The average Bonchev–Trinajstić information content (AvgIpc) is 2.99.